The molecular weight excluding hydrogens is 366 g/mol. The number of rotatable bonds is 4. The molecule has 1 fully saturated rings. The Morgan fingerprint density at radius 1 is 1.03 bits per heavy atom. The number of piperidine rings is 1. The van der Waals surface area contributed by atoms with Gasteiger partial charge in [0.25, 0.3) is 5.91 Å². The maximum Gasteiger partial charge on any atom is 0.336 e. The van der Waals surface area contributed by atoms with Crippen molar-refractivity contribution in [2.45, 2.75) is 39.2 Å². The van der Waals surface area contributed by atoms with Crippen molar-refractivity contribution >= 4 is 16.9 Å². The zero-order valence-corrected chi connectivity index (χ0v) is 16.8. The van der Waals surface area contributed by atoms with E-state index in [1.54, 1.807) is 13.0 Å². The summed E-state index contributed by atoms with van der Waals surface area (Å²) in [5.41, 5.74) is 2.95. The Morgan fingerprint density at radius 3 is 2.55 bits per heavy atom. The van der Waals surface area contributed by atoms with Crippen LogP contribution in [-0.2, 0) is 4.79 Å². The molecule has 4 rings (SSSR count). The van der Waals surface area contributed by atoms with Gasteiger partial charge in [0, 0.05) is 36.2 Å². The number of carbonyl (C=O) groups is 1. The predicted octanol–water partition coefficient (Wildman–Crippen LogP) is 4.55. The summed E-state index contributed by atoms with van der Waals surface area (Å²) in [4.78, 5) is 26.7. The fourth-order valence-corrected chi connectivity index (χ4v) is 3.94. The van der Waals surface area contributed by atoms with Crippen LogP contribution in [0.15, 0.2) is 57.7 Å². The van der Waals surface area contributed by atoms with Crippen LogP contribution >= 0.6 is 0 Å². The van der Waals surface area contributed by atoms with Crippen molar-refractivity contribution in [1.82, 2.24) is 4.90 Å². The summed E-state index contributed by atoms with van der Waals surface area (Å²) in [5.74, 6) is 0.514. The largest absolute Gasteiger partial charge is 0.481 e. The SMILES string of the molecule is Cc1ccccc1-c1cc(=O)oc2cc(OC(C)C(=O)N3CCCCC3)ccc12. The van der Waals surface area contributed by atoms with Crippen LogP contribution in [0.1, 0.15) is 31.7 Å². The van der Waals surface area contributed by atoms with Crippen molar-refractivity contribution in [1.29, 1.82) is 0 Å². The van der Waals surface area contributed by atoms with Crippen molar-refractivity contribution in [3.63, 3.8) is 0 Å². The number of nitrogens with zero attached hydrogens (tertiary/aromatic N) is 1. The van der Waals surface area contributed by atoms with E-state index < -0.39 is 11.7 Å². The molecule has 0 bridgehead atoms. The minimum Gasteiger partial charge on any atom is -0.481 e. The number of likely N-dealkylation sites (tertiary alicyclic amines) is 1. The van der Waals surface area contributed by atoms with Crippen LogP contribution in [0.5, 0.6) is 5.75 Å². The molecule has 1 saturated heterocycles. The third kappa shape index (κ3) is 4.04. The van der Waals surface area contributed by atoms with Crippen molar-refractivity contribution in [3.8, 4) is 16.9 Å². The summed E-state index contributed by atoms with van der Waals surface area (Å²) in [6, 6.07) is 14.9. The van der Waals surface area contributed by atoms with Gasteiger partial charge in [0.05, 0.1) is 0 Å². The molecule has 3 aromatic rings. The second-order valence-electron chi connectivity index (χ2n) is 7.60. The summed E-state index contributed by atoms with van der Waals surface area (Å²) in [6.45, 7) is 5.36. The Morgan fingerprint density at radius 2 is 1.79 bits per heavy atom. The van der Waals surface area contributed by atoms with Gasteiger partial charge in [-0.1, -0.05) is 24.3 Å². The Bertz CT molecular complexity index is 1100. The third-order valence-electron chi connectivity index (χ3n) is 5.48. The molecule has 29 heavy (non-hydrogen) atoms. The predicted molar refractivity (Wildman–Crippen MR) is 113 cm³/mol. The minimum absolute atomic E-state index is 0.0000827. The number of benzene rings is 2. The maximum absolute atomic E-state index is 12.6. The lowest BCUT2D eigenvalue weighted by atomic mass is 9.98. The van der Waals surface area contributed by atoms with E-state index in [0.29, 0.717) is 11.3 Å². The van der Waals surface area contributed by atoms with Gasteiger partial charge < -0.3 is 14.1 Å². The Hall–Kier alpha value is -3.08. The zero-order valence-electron chi connectivity index (χ0n) is 16.8. The number of fused-ring (bicyclic) bond motifs is 1. The molecule has 150 valence electrons. The molecule has 2 heterocycles. The lowest BCUT2D eigenvalue weighted by molar-refractivity contribution is -0.138. The van der Waals surface area contributed by atoms with E-state index in [1.807, 2.05) is 48.2 Å². The highest BCUT2D eigenvalue weighted by Gasteiger charge is 2.23. The number of carbonyl (C=O) groups excluding carboxylic acids is 1. The standard InChI is InChI=1S/C24H25NO4/c1-16-8-4-5-9-19(16)21-15-23(26)29-22-14-18(10-11-20(21)22)28-17(2)24(27)25-12-6-3-7-13-25/h4-5,8-11,14-15,17H,3,6-7,12-13H2,1-2H3. The van der Waals surface area contributed by atoms with Gasteiger partial charge in [0.1, 0.15) is 11.3 Å². The van der Waals surface area contributed by atoms with E-state index in [-0.39, 0.29) is 5.91 Å². The van der Waals surface area contributed by atoms with Gasteiger partial charge in [-0.05, 0) is 56.4 Å². The lowest BCUT2D eigenvalue weighted by Gasteiger charge is -2.29. The molecule has 0 radical (unpaired) electrons. The molecule has 1 aliphatic rings. The average Bonchev–Trinajstić information content (AvgIpc) is 2.73. The summed E-state index contributed by atoms with van der Waals surface area (Å²) < 4.78 is 11.3. The molecule has 0 N–H and O–H groups in total. The molecule has 1 unspecified atom stereocenters. The van der Waals surface area contributed by atoms with Gasteiger partial charge in [-0.25, -0.2) is 4.79 Å². The van der Waals surface area contributed by atoms with Crippen molar-refractivity contribution in [3.05, 3.63) is 64.5 Å². The highest BCUT2D eigenvalue weighted by Crippen LogP contribution is 2.31. The van der Waals surface area contributed by atoms with Crippen molar-refractivity contribution < 1.29 is 13.9 Å². The number of hydrogen-bond acceptors (Lipinski definition) is 4. The Balaban J connectivity index is 1.64. The van der Waals surface area contributed by atoms with Gasteiger partial charge >= 0.3 is 5.63 Å². The van der Waals surface area contributed by atoms with Crippen LogP contribution in [-0.4, -0.2) is 30.0 Å². The Labute approximate surface area is 169 Å². The second kappa shape index (κ2) is 8.11. The molecule has 5 nitrogen and oxygen atoms in total. The number of amides is 1. The highest BCUT2D eigenvalue weighted by molar-refractivity contribution is 5.94. The summed E-state index contributed by atoms with van der Waals surface area (Å²) in [7, 11) is 0. The maximum atomic E-state index is 12.6. The zero-order chi connectivity index (χ0) is 20.4. The fourth-order valence-electron chi connectivity index (χ4n) is 3.94. The molecule has 2 aromatic carbocycles. The lowest BCUT2D eigenvalue weighted by Crippen LogP contribution is -2.43. The first-order chi connectivity index (χ1) is 14.0. The quantitative estimate of drug-likeness (QED) is 0.612. The van der Waals surface area contributed by atoms with E-state index >= 15 is 0 Å². The van der Waals surface area contributed by atoms with Crippen molar-refractivity contribution in [2.75, 3.05) is 13.1 Å². The molecular formula is C24H25NO4. The van der Waals surface area contributed by atoms with E-state index in [4.69, 9.17) is 9.15 Å². The van der Waals surface area contributed by atoms with Gasteiger partial charge in [-0.15, -0.1) is 0 Å². The van der Waals surface area contributed by atoms with Gasteiger partial charge in [-0.2, -0.15) is 0 Å². The fraction of sp³-hybridized carbons (Fsp3) is 0.333. The van der Waals surface area contributed by atoms with Crippen LogP contribution in [0.2, 0.25) is 0 Å². The molecule has 1 aliphatic heterocycles. The van der Waals surface area contributed by atoms with Crippen LogP contribution in [0.25, 0.3) is 22.1 Å². The van der Waals surface area contributed by atoms with Crippen LogP contribution < -0.4 is 10.4 Å². The van der Waals surface area contributed by atoms with Crippen LogP contribution in [0, 0.1) is 6.92 Å². The van der Waals surface area contributed by atoms with Crippen LogP contribution in [0.4, 0.5) is 0 Å². The molecule has 0 aliphatic carbocycles. The van der Waals surface area contributed by atoms with Gasteiger partial charge in [0.15, 0.2) is 6.10 Å². The monoisotopic (exact) mass is 391 g/mol. The molecule has 1 amide bonds. The topological polar surface area (TPSA) is 59.8 Å². The minimum atomic E-state index is -0.586. The highest BCUT2D eigenvalue weighted by atomic mass is 16.5. The molecule has 1 atom stereocenters. The normalized spacial score (nSPS) is 15.3. The van der Waals surface area contributed by atoms with Gasteiger partial charge in [-0.3, -0.25) is 4.79 Å². The summed E-state index contributed by atoms with van der Waals surface area (Å²) >= 11 is 0. The first-order valence-corrected chi connectivity index (χ1v) is 10.1. The van der Waals surface area contributed by atoms with E-state index in [2.05, 4.69) is 0 Å². The average molecular weight is 391 g/mol. The number of hydrogen-bond donors (Lipinski definition) is 0. The Kier molecular flexibility index (Phi) is 5.38. The van der Waals surface area contributed by atoms with Crippen LogP contribution in [0.3, 0.4) is 0 Å². The van der Waals surface area contributed by atoms with E-state index in [1.165, 1.54) is 12.5 Å². The summed E-state index contributed by atoms with van der Waals surface area (Å²) in [5, 5.41) is 0.835. The molecule has 0 saturated carbocycles. The molecule has 0 spiro atoms. The second-order valence-corrected chi connectivity index (χ2v) is 7.60. The third-order valence-corrected chi connectivity index (χ3v) is 5.48. The van der Waals surface area contributed by atoms with Gasteiger partial charge in [0.2, 0.25) is 0 Å². The first kappa shape index (κ1) is 19.2. The molecule has 1 aromatic heterocycles. The number of ether oxygens (including phenoxy) is 1. The van der Waals surface area contributed by atoms with Crippen molar-refractivity contribution in [2.24, 2.45) is 0 Å². The molecule has 5 heteroatoms. The number of aryl methyl sites for hydroxylation is 1. The van der Waals surface area contributed by atoms with E-state index in [9.17, 15) is 9.59 Å². The first-order valence-electron chi connectivity index (χ1n) is 10.1. The smallest absolute Gasteiger partial charge is 0.336 e. The van der Waals surface area contributed by atoms with E-state index in [0.717, 1.165) is 48.0 Å². The summed E-state index contributed by atoms with van der Waals surface area (Å²) in [6.07, 6.45) is 2.67.